The van der Waals surface area contributed by atoms with Gasteiger partial charge in [0.25, 0.3) is 0 Å². The van der Waals surface area contributed by atoms with Crippen LogP contribution in [0.3, 0.4) is 0 Å². The number of methoxy groups -OCH3 is 1. The monoisotopic (exact) mass is 561 g/mol. The van der Waals surface area contributed by atoms with Gasteiger partial charge in [0.15, 0.2) is 6.79 Å². The lowest BCUT2D eigenvalue weighted by Gasteiger charge is -2.33. The molecule has 36 heavy (non-hydrogen) atoms. The van der Waals surface area contributed by atoms with Gasteiger partial charge in [-0.05, 0) is 36.2 Å². The quantitative estimate of drug-likeness (QED) is 0.197. The Morgan fingerprint density at radius 1 is 1.19 bits per heavy atom. The molecule has 2 aromatic rings. The Bertz CT molecular complexity index is 1010. The molecule has 0 saturated carbocycles. The highest BCUT2D eigenvalue weighted by Gasteiger charge is 2.44. The van der Waals surface area contributed by atoms with Gasteiger partial charge in [-0.2, -0.15) is 0 Å². The number of rotatable bonds is 14. The molecule has 0 aromatic heterocycles. The molecule has 9 heteroatoms. The summed E-state index contributed by atoms with van der Waals surface area (Å²) in [6.45, 7) is 8.61. The molecule has 1 aliphatic rings. The number of carbonyl (C=O) groups is 1. The van der Waals surface area contributed by atoms with Crippen molar-refractivity contribution in [3.8, 4) is 11.5 Å². The first-order valence-corrected chi connectivity index (χ1v) is 12.4. The molecule has 0 spiro atoms. The van der Waals surface area contributed by atoms with Gasteiger partial charge in [-0.1, -0.05) is 46.8 Å². The van der Waals surface area contributed by atoms with Crippen molar-refractivity contribution in [2.24, 2.45) is 0 Å². The van der Waals surface area contributed by atoms with Crippen molar-refractivity contribution in [1.82, 2.24) is 4.90 Å². The molecule has 2 aromatic carbocycles. The fourth-order valence-corrected chi connectivity index (χ4v) is 4.13. The van der Waals surface area contributed by atoms with E-state index in [0.717, 1.165) is 15.6 Å². The van der Waals surface area contributed by atoms with Gasteiger partial charge in [-0.15, -0.1) is 6.58 Å². The largest absolute Gasteiger partial charge is 0.485 e. The van der Waals surface area contributed by atoms with Crippen molar-refractivity contribution in [2.45, 2.75) is 31.2 Å². The van der Waals surface area contributed by atoms with Crippen molar-refractivity contribution in [3.63, 3.8) is 0 Å². The van der Waals surface area contributed by atoms with Crippen LogP contribution in [0.1, 0.15) is 23.6 Å². The molecule has 1 aliphatic heterocycles. The van der Waals surface area contributed by atoms with E-state index in [2.05, 4.69) is 29.1 Å². The van der Waals surface area contributed by atoms with E-state index in [4.69, 9.17) is 23.7 Å². The van der Waals surface area contributed by atoms with Crippen molar-refractivity contribution in [2.75, 3.05) is 33.7 Å². The van der Waals surface area contributed by atoms with E-state index in [0.29, 0.717) is 31.1 Å². The van der Waals surface area contributed by atoms with E-state index in [1.54, 1.807) is 30.2 Å². The molecule has 0 fully saturated rings. The number of hydrogen-bond acceptors (Lipinski definition) is 7. The summed E-state index contributed by atoms with van der Waals surface area (Å²) in [6.07, 6.45) is 1.24. The number of benzene rings is 2. The summed E-state index contributed by atoms with van der Waals surface area (Å²) >= 11 is 3.44. The fourth-order valence-electron chi connectivity index (χ4n) is 3.86. The van der Waals surface area contributed by atoms with Crippen LogP contribution in [0.15, 0.2) is 72.2 Å². The molecule has 8 nitrogen and oxygen atoms in total. The zero-order valence-electron chi connectivity index (χ0n) is 20.3. The lowest BCUT2D eigenvalue weighted by Crippen LogP contribution is -2.44. The fraction of sp³-hybridized carbons (Fsp3) is 0.370. The average Bonchev–Trinajstić information content (AvgIpc) is 3.25. The number of ether oxygens (including phenoxy) is 5. The molecule has 0 radical (unpaired) electrons. The van der Waals surface area contributed by atoms with Gasteiger partial charge in [0.2, 0.25) is 0 Å². The second kappa shape index (κ2) is 14.0. The summed E-state index contributed by atoms with van der Waals surface area (Å²) in [4.78, 5) is 14.8. The molecular weight excluding hydrogens is 530 g/mol. The van der Waals surface area contributed by atoms with Crippen LogP contribution in [-0.2, 0) is 20.8 Å². The van der Waals surface area contributed by atoms with Crippen LogP contribution >= 0.6 is 15.9 Å². The topological polar surface area (TPSA) is 86.7 Å². The van der Waals surface area contributed by atoms with Crippen LogP contribution in [0, 0.1) is 0 Å². The van der Waals surface area contributed by atoms with Crippen LogP contribution < -0.4 is 9.47 Å². The number of fused-ring (bicyclic) bond motifs is 1. The second-order valence-electron chi connectivity index (χ2n) is 8.10. The third-order valence-corrected chi connectivity index (χ3v) is 6.10. The Kier molecular flexibility index (Phi) is 10.8. The van der Waals surface area contributed by atoms with Gasteiger partial charge in [-0.25, -0.2) is 4.79 Å². The third kappa shape index (κ3) is 7.33. The van der Waals surface area contributed by atoms with Crippen molar-refractivity contribution < 1.29 is 33.6 Å². The van der Waals surface area contributed by atoms with Gasteiger partial charge < -0.3 is 28.8 Å². The first kappa shape index (κ1) is 27.7. The number of aliphatic hydroxyl groups excluding tert-OH is 1. The molecule has 1 amide bonds. The van der Waals surface area contributed by atoms with Crippen LogP contribution in [-0.4, -0.2) is 62.0 Å². The van der Waals surface area contributed by atoms with Crippen LogP contribution in [0.2, 0.25) is 0 Å². The highest BCUT2D eigenvalue weighted by Crippen LogP contribution is 2.44. The van der Waals surface area contributed by atoms with E-state index in [-0.39, 0.29) is 19.9 Å². The molecule has 3 rings (SSSR count). The number of carbonyl (C=O) groups excluding carboxylic acids is 1. The normalized spacial score (nSPS) is 17.0. The van der Waals surface area contributed by atoms with Gasteiger partial charge >= 0.3 is 6.09 Å². The highest BCUT2D eigenvalue weighted by molar-refractivity contribution is 9.10. The maximum absolute atomic E-state index is 13.2. The molecule has 3 atom stereocenters. The summed E-state index contributed by atoms with van der Waals surface area (Å²) in [5.41, 5.74) is 1.63. The smallest absolute Gasteiger partial charge is 0.411 e. The number of halogens is 1. The van der Waals surface area contributed by atoms with Crippen molar-refractivity contribution in [1.29, 1.82) is 0 Å². The molecule has 194 valence electrons. The first-order valence-electron chi connectivity index (χ1n) is 11.6. The molecule has 0 unspecified atom stereocenters. The molecule has 0 aliphatic carbocycles. The number of nitrogens with zero attached hydrogens (tertiary/aromatic N) is 1. The SMILES string of the molecule is C=CCOC(=O)N(Cc1ccc(Br)cc1)[C@H]1c2ccc(OCOCCOC)cc2O[C@@H]1[C@@H](O)CC=C. The summed E-state index contributed by atoms with van der Waals surface area (Å²) < 4.78 is 28.5. The lowest BCUT2D eigenvalue weighted by molar-refractivity contribution is -0.00962. The van der Waals surface area contributed by atoms with Gasteiger partial charge in [0.1, 0.15) is 30.3 Å². The van der Waals surface area contributed by atoms with E-state index in [1.165, 1.54) is 6.08 Å². The predicted octanol–water partition coefficient (Wildman–Crippen LogP) is 5.01. The van der Waals surface area contributed by atoms with Crippen LogP contribution in [0.25, 0.3) is 0 Å². The zero-order valence-corrected chi connectivity index (χ0v) is 21.9. The number of hydrogen-bond donors (Lipinski definition) is 1. The number of aliphatic hydroxyl groups is 1. The van der Waals surface area contributed by atoms with Crippen LogP contribution in [0.5, 0.6) is 11.5 Å². The number of amides is 1. The average molecular weight is 562 g/mol. The Hall–Kier alpha value is -2.85. The van der Waals surface area contributed by atoms with E-state index in [1.807, 2.05) is 30.3 Å². The van der Waals surface area contributed by atoms with Crippen molar-refractivity contribution >= 4 is 22.0 Å². The second-order valence-corrected chi connectivity index (χ2v) is 9.02. The summed E-state index contributed by atoms with van der Waals surface area (Å²) in [6, 6.07) is 12.4. The van der Waals surface area contributed by atoms with Crippen LogP contribution in [0.4, 0.5) is 4.79 Å². The summed E-state index contributed by atoms with van der Waals surface area (Å²) in [5, 5.41) is 10.9. The molecule has 1 N–H and O–H groups in total. The highest BCUT2D eigenvalue weighted by atomic mass is 79.9. The van der Waals surface area contributed by atoms with E-state index >= 15 is 0 Å². The Labute approximate surface area is 220 Å². The summed E-state index contributed by atoms with van der Waals surface area (Å²) in [5.74, 6) is 1.05. The van der Waals surface area contributed by atoms with Gasteiger partial charge in [-0.3, -0.25) is 4.90 Å². The molecule has 1 heterocycles. The minimum atomic E-state index is -0.902. The minimum absolute atomic E-state index is 0.0532. The molecule has 0 saturated heterocycles. The maximum atomic E-state index is 13.2. The zero-order chi connectivity index (χ0) is 25.9. The first-order chi connectivity index (χ1) is 17.5. The molecular formula is C27H32BrNO7. The third-order valence-electron chi connectivity index (χ3n) is 5.57. The van der Waals surface area contributed by atoms with E-state index < -0.39 is 24.3 Å². The Morgan fingerprint density at radius 3 is 2.67 bits per heavy atom. The van der Waals surface area contributed by atoms with Crippen molar-refractivity contribution in [3.05, 3.63) is 83.4 Å². The van der Waals surface area contributed by atoms with Gasteiger partial charge in [0.05, 0.1) is 19.3 Å². The Balaban J connectivity index is 1.91. The predicted molar refractivity (Wildman–Crippen MR) is 139 cm³/mol. The minimum Gasteiger partial charge on any atom is -0.485 e. The van der Waals surface area contributed by atoms with E-state index in [9.17, 15) is 9.90 Å². The Morgan fingerprint density at radius 2 is 1.97 bits per heavy atom. The summed E-state index contributed by atoms with van der Waals surface area (Å²) in [7, 11) is 1.60. The lowest BCUT2D eigenvalue weighted by atomic mass is 9.96. The standard InChI is InChI=1S/C27H32BrNO7/c1-4-6-23(30)26-25(22-12-11-21(16-24(22)36-26)35-18-33-15-14-32-3)29(27(31)34-13-5-2)17-19-7-9-20(28)10-8-19/h4-5,7-12,16,23,25-26,30H,1-2,6,13-15,17-18H2,3H3/t23-,25-,26+/m0/s1. The van der Waals surface area contributed by atoms with Gasteiger partial charge in [0, 0.05) is 29.8 Å². The molecule has 0 bridgehead atoms. The maximum Gasteiger partial charge on any atom is 0.411 e.